The number of hydrogen-bond donors (Lipinski definition) is 5. The molecule has 0 aromatic carbocycles. The minimum atomic E-state index is -1.18. The van der Waals surface area contributed by atoms with Gasteiger partial charge in [0.05, 0.1) is 0 Å². The molecule has 3 heterocycles. The van der Waals surface area contributed by atoms with Gasteiger partial charge in [-0.15, -0.1) is 0 Å². The third kappa shape index (κ3) is 3.45. The summed E-state index contributed by atoms with van der Waals surface area (Å²) in [6.45, 7) is 0. The predicted octanol–water partition coefficient (Wildman–Crippen LogP) is -2.02. The maximum absolute atomic E-state index is 10.7. The van der Waals surface area contributed by atoms with Crippen LogP contribution in [0.5, 0.6) is 0 Å². The van der Waals surface area contributed by atoms with Crippen molar-refractivity contribution in [2.24, 2.45) is 5.73 Å². The molecule has 1 aliphatic rings. The number of anilines is 1. The summed E-state index contributed by atoms with van der Waals surface area (Å²) < 4.78 is 7.27. The van der Waals surface area contributed by atoms with Crippen LogP contribution in [0.4, 0.5) is 5.82 Å². The number of aliphatic carboxylic acids is 1. The first kappa shape index (κ1) is 18.0. The van der Waals surface area contributed by atoms with Crippen molar-refractivity contribution in [3.05, 3.63) is 12.7 Å². The number of fused-ring (bicyclic) bond motifs is 1. The van der Waals surface area contributed by atoms with Crippen molar-refractivity contribution in [1.82, 2.24) is 19.5 Å². The van der Waals surface area contributed by atoms with Gasteiger partial charge in [-0.3, -0.25) is 0 Å². The Bertz CT molecular complexity index is 772. The van der Waals surface area contributed by atoms with Crippen LogP contribution in [0.15, 0.2) is 12.7 Å². The molecule has 2 aromatic rings. The SMILES string of the molecule is Nc1ncnc2c1ncn2[C@@H]1O[C@H](C[Se]CC(N)C(=O)O)[C@@H](O)[C@H]1O. The number of nitrogens with zero attached hydrogens (tertiary/aromatic N) is 4. The zero-order valence-electron chi connectivity index (χ0n) is 13.0. The van der Waals surface area contributed by atoms with Crippen LogP contribution >= 0.6 is 0 Å². The van der Waals surface area contributed by atoms with Crippen molar-refractivity contribution in [1.29, 1.82) is 0 Å². The fourth-order valence-electron chi connectivity index (χ4n) is 2.54. The van der Waals surface area contributed by atoms with Crippen molar-refractivity contribution in [2.45, 2.75) is 41.2 Å². The van der Waals surface area contributed by atoms with E-state index in [0.29, 0.717) is 21.8 Å². The second-order valence-corrected chi connectivity index (χ2v) is 7.87. The number of aliphatic hydroxyl groups excluding tert-OH is 2. The Kier molecular flexibility index (Phi) is 5.18. The van der Waals surface area contributed by atoms with E-state index in [1.807, 2.05) is 0 Å². The van der Waals surface area contributed by atoms with Gasteiger partial charge in [0.2, 0.25) is 0 Å². The predicted molar refractivity (Wildman–Crippen MR) is 86.6 cm³/mol. The molecule has 0 aliphatic carbocycles. The number of aliphatic hydroxyl groups is 2. The molecule has 0 radical (unpaired) electrons. The summed E-state index contributed by atoms with van der Waals surface area (Å²) >= 11 is -0.151. The molecule has 11 nitrogen and oxygen atoms in total. The summed E-state index contributed by atoms with van der Waals surface area (Å²) in [5.74, 6) is -0.853. The maximum atomic E-state index is 10.7. The van der Waals surface area contributed by atoms with Gasteiger partial charge in [0, 0.05) is 0 Å². The molecule has 2 aromatic heterocycles. The Morgan fingerprint density at radius 3 is 2.84 bits per heavy atom. The van der Waals surface area contributed by atoms with Gasteiger partial charge in [-0.1, -0.05) is 0 Å². The Morgan fingerprint density at radius 1 is 1.36 bits per heavy atom. The molecule has 1 aliphatic heterocycles. The van der Waals surface area contributed by atoms with Crippen LogP contribution < -0.4 is 11.5 Å². The second-order valence-electron chi connectivity index (χ2n) is 5.61. The average Bonchev–Trinajstić information content (AvgIpc) is 3.12. The van der Waals surface area contributed by atoms with E-state index in [4.69, 9.17) is 21.3 Å². The number of ether oxygens (including phenoxy) is 1. The van der Waals surface area contributed by atoms with Crippen LogP contribution in [0.3, 0.4) is 0 Å². The number of carboxylic acid groups (broad SMARTS) is 1. The van der Waals surface area contributed by atoms with Crippen LogP contribution in [-0.4, -0.2) is 80.1 Å². The second kappa shape index (κ2) is 7.20. The van der Waals surface area contributed by atoms with E-state index in [-0.39, 0.29) is 20.8 Å². The number of nitrogens with two attached hydrogens (primary N) is 2. The molecule has 0 spiro atoms. The van der Waals surface area contributed by atoms with Gasteiger partial charge in [-0.25, -0.2) is 0 Å². The average molecular weight is 417 g/mol. The number of nitrogen functional groups attached to an aromatic ring is 1. The molecule has 0 saturated carbocycles. The Balaban J connectivity index is 1.71. The summed E-state index contributed by atoms with van der Waals surface area (Å²) in [6.07, 6.45) is -1.08. The molecular formula is C13H18N6O5Se. The van der Waals surface area contributed by atoms with E-state index in [1.165, 1.54) is 17.2 Å². The van der Waals surface area contributed by atoms with Crippen molar-refractivity contribution in [3.8, 4) is 0 Å². The zero-order valence-corrected chi connectivity index (χ0v) is 14.7. The van der Waals surface area contributed by atoms with E-state index < -0.39 is 36.6 Å². The van der Waals surface area contributed by atoms with E-state index in [2.05, 4.69) is 15.0 Å². The van der Waals surface area contributed by atoms with E-state index in [1.54, 1.807) is 0 Å². The van der Waals surface area contributed by atoms with Gasteiger partial charge in [0.1, 0.15) is 0 Å². The molecule has 25 heavy (non-hydrogen) atoms. The fourth-order valence-corrected chi connectivity index (χ4v) is 4.72. The van der Waals surface area contributed by atoms with Gasteiger partial charge in [0.25, 0.3) is 0 Å². The number of hydrogen-bond acceptors (Lipinski definition) is 9. The molecule has 5 atom stereocenters. The van der Waals surface area contributed by atoms with E-state index in [9.17, 15) is 15.0 Å². The monoisotopic (exact) mass is 418 g/mol. The summed E-state index contributed by atoms with van der Waals surface area (Å²) in [5.41, 5.74) is 12.0. The molecule has 12 heteroatoms. The topological polar surface area (TPSA) is 183 Å². The van der Waals surface area contributed by atoms with E-state index >= 15 is 0 Å². The normalized spacial score (nSPS) is 27.6. The number of aromatic nitrogens is 4. The number of rotatable bonds is 6. The standard InChI is InChI=1S/C13H18N6O5Se/c14-5(13(22)23)1-25-2-6-8(20)9(21)12(24-6)19-4-18-7-10(15)16-3-17-11(7)19/h3-6,8-9,12,20-21H,1-2,14H2,(H,22,23)(H2,15,16,17)/t5?,6-,8-,9-,12-/m1/s1. The summed E-state index contributed by atoms with van der Waals surface area (Å²) in [7, 11) is 0. The van der Waals surface area contributed by atoms with Crippen LogP contribution in [0.1, 0.15) is 6.23 Å². The van der Waals surface area contributed by atoms with Crippen LogP contribution in [0, 0.1) is 0 Å². The first-order chi connectivity index (χ1) is 11.9. The summed E-state index contributed by atoms with van der Waals surface area (Å²) in [4.78, 5) is 22.8. The van der Waals surface area contributed by atoms with Gasteiger partial charge in [-0.2, -0.15) is 0 Å². The van der Waals surface area contributed by atoms with E-state index in [0.717, 1.165) is 0 Å². The van der Waals surface area contributed by atoms with Gasteiger partial charge < -0.3 is 0 Å². The van der Waals surface area contributed by atoms with Crippen LogP contribution in [0.2, 0.25) is 10.6 Å². The number of imidazole rings is 1. The van der Waals surface area contributed by atoms with Gasteiger partial charge >= 0.3 is 148 Å². The zero-order chi connectivity index (χ0) is 18.1. The molecule has 1 fully saturated rings. The number of carboxylic acids is 1. The fraction of sp³-hybridized carbons (Fsp3) is 0.538. The molecule has 0 amide bonds. The van der Waals surface area contributed by atoms with Gasteiger partial charge in [-0.05, 0) is 0 Å². The first-order valence-electron chi connectivity index (χ1n) is 7.41. The molecule has 7 N–H and O–H groups in total. The van der Waals surface area contributed by atoms with Crippen molar-refractivity contribution in [3.63, 3.8) is 0 Å². The summed E-state index contributed by atoms with van der Waals surface area (Å²) in [6, 6.07) is -0.934. The molecule has 1 unspecified atom stereocenters. The van der Waals surface area contributed by atoms with Crippen LogP contribution in [-0.2, 0) is 9.53 Å². The number of carbonyl (C=O) groups is 1. The Hall–Kier alpha value is -1.82. The van der Waals surface area contributed by atoms with Gasteiger partial charge in [0.15, 0.2) is 0 Å². The van der Waals surface area contributed by atoms with Crippen molar-refractivity contribution in [2.75, 3.05) is 5.73 Å². The Labute approximate surface area is 148 Å². The molecule has 3 rings (SSSR count). The van der Waals surface area contributed by atoms with Crippen molar-refractivity contribution < 1.29 is 24.9 Å². The van der Waals surface area contributed by atoms with Crippen LogP contribution in [0.25, 0.3) is 11.2 Å². The molecule has 1 saturated heterocycles. The molecule has 136 valence electrons. The van der Waals surface area contributed by atoms with Crippen molar-refractivity contribution >= 4 is 37.9 Å². The quantitative estimate of drug-likeness (QED) is 0.329. The molecular weight excluding hydrogens is 399 g/mol. The first-order valence-corrected chi connectivity index (χ1v) is 9.83. The Morgan fingerprint density at radius 2 is 2.12 bits per heavy atom. The third-order valence-electron chi connectivity index (χ3n) is 3.90. The minimum absolute atomic E-state index is 0.151. The molecule has 0 bridgehead atoms. The third-order valence-corrected chi connectivity index (χ3v) is 6.33. The summed E-state index contributed by atoms with van der Waals surface area (Å²) in [5, 5.41) is 30.1.